The first-order valence-corrected chi connectivity index (χ1v) is 4.41. The van der Waals surface area contributed by atoms with Gasteiger partial charge in [0.15, 0.2) is 5.78 Å². The molecule has 0 heterocycles. The minimum absolute atomic E-state index is 0. The quantitative estimate of drug-likeness (QED) is 0.670. The maximum absolute atomic E-state index is 12.6. The lowest BCUT2D eigenvalue weighted by atomic mass is 10.1. The van der Waals surface area contributed by atoms with E-state index in [1.807, 2.05) is 22.6 Å². The van der Waals surface area contributed by atoms with Crippen molar-refractivity contribution in [3.63, 3.8) is 0 Å². The molecule has 0 aliphatic rings. The molecule has 0 amide bonds. The molecular formula is C8H8ClFINO. The van der Waals surface area contributed by atoms with E-state index in [4.69, 9.17) is 5.73 Å². The Kier molecular flexibility index (Phi) is 5.43. The second kappa shape index (κ2) is 5.51. The Morgan fingerprint density at radius 1 is 1.54 bits per heavy atom. The monoisotopic (exact) mass is 315 g/mol. The molecule has 1 aromatic carbocycles. The van der Waals surface area contributed by atoms with E-state index in [9.17, 15) is 9.18 Å². The van der Waals surface area contributed by atoms with Gasteiger partial charge in [-0.1, -0.05) is 0 Å². The standard InChI is InChI=1S/C8H7FINO.ClH/c9-5-1-2-7(10)6(3-5)8(12)4-11;/h1-3H,4,11H2;1H. The molecule has 5 heteroatoms. The first-order valence-electron chi connectivity index (χ1n) is 3.33. The number of Topliss-reactive ketones (excluding diaryl/α,β-unsaturated/α-hetero) is 1. The van der Waals surface area contributed by atoms with Crippen molar-refractivity contribution in [2.45, 2.75) is 0 Å². The molecule has 2 nitrogen and oxygen atoms in total. The van der Waals surface area contributed by atoms with Gasteiger partial charge in [-0.2, -0.15) is 0 Å². The summed E-state index contributed by atoms with van der Waals surface area (Å²) in [6.07, 6.45) is 0. The average molecular weight is 316 g/mol. The highest BCUT2D eigenvalue weighted by atomic mass is 127. The molecule has 0 atom stereocenters. The van der Waals surface area contributed by atoms with Crippen LogP contribution in [0.4, 0.5) is 4.39 Å². The van der Waals surface area contributed by atoms with Gasteiger partial charge in [0.25, 0.3) is 0 Å². The van der Waals surface area contributed by atoms with Crippen LogP contribution in [-0.2, 0) is 0 Å². The summed E-state index contributed by atoms with van der Waals surface area (Å²) in [5, 5.41) is 0. The molecule has 2 N–H and O–H groups in total. The van der Waals surface area contributed by atoms with E-state index in [-0.39, 0.29) is 24.7 Å². The highest BCUT2D eigenvalue weighted by molar-refractivity contribution is 14.1. The van der Waals surface area contributed by atoms with Crippen LogP contribution in [0.3, 0.4) is 0 Å². The van der Waals surface area contributed by atoms with Gasteiger partial charge in [0, 0.05) is 9.13 Å². The third-order valence-electron chi connectivity index (χ3n) is 1.41. The predicted octanol–water partition coefficient (Wildman–Crippen LogP) is 1.99. The van der Waals surface area contributed by atoms with E-state index in [0.29, 0.717) is 5.56 Å². The van der Waals surface area contributed by atoms with Crippen LogP contribution in [0.15, 0.2) is 18.2 Å². The van der Waals surface area contributed by atoms with Crippen molar-refractivity contribution in [2.24, 2.45) is 5.73 Å². The SMILES string of the molecule is Cl.NCC(=O)c1cc(F)ccc1I. The van der Waals surface area contributed by atoms with Gasteiger partial charge in [-0.15, -0.1) is 12.4 Å². The minimum Gasteiger partial charge on any atom is -0.324 e. The zero-order valence-corrected chi connectivity index (χ0v) is 9.56. The fourth-order valence-corrected chi connectivity index (χ4v) is 1.46. The summed E-state index contributed by atoms with van der Waals surface area (Å²) in [6, 6.07) is 4.07. The molecule has 0 aromatic heterocycles. The third kappa shape index (κ3) is 3.21. The van der Waals surface area contributed by atoms with E-state index in [0.717, 1.165) is 3.57 Å². The van der Waals surface area contributed by atoms with Crippen molar-refractivity contribution in [2.75, 3.05) is 6.54 Å². The van der Waals surface area contributed by atoms with E-state index in [2.05, 4.69) is 0 Å². The van der Waals surface area contributed by atoms with Crippen LogP contribution in [-0.4, -0.2) is 12.3 Å². The normalized spacial score (nSPS) is 9.15. The van der Waals surface area contributed by atoms with Crippen molar-refractivity contribution >= 4 is 40.8 Å². The van der Waals surface area contributed by atoms with Crippen LogP contribution in [0.5, 0.6) is 0 Å². The van der Waals surface area contributed by atoms with Gasteiger partial charge in [0.2, 0.25) is 0 Å². The molecule has 72 valence electrons. The predicted molar refractivity (Wildman–Crippen MR) is 59.7 cm³/mol. The van der Waals surface area contributed by atoms with Gasteiger partial charge in [-0.05, 0) is 40.8 Å². The lowest BCUT2D eigenvalue weighted by Crippen LogP contribution is -2.14. The number of hydrogen-bond acceptors (Lipinski definition) is 2. The van der Waals surface area contributed by atoms with Crippen molar-refractivity contribution in [3.8, 4) is 0 Å². The zero-order valence-electron chi connectivity index (χ0n) is 6.59. The van der Waals surface area contributed by atoms with Crippen molar-refractivity contribution in [3.05, 3.63) is 33.1 Å². The highest BCUT2D eigenvalue weighted by Crippen LogP contribution is 2.13. The summed E-state index contributed by atoms with van der Waals surface area (Å²) in [5.74, 6) is -0.647. The van der Waals surface area contributed by atoms with Gasteiger partial charge in [0.1, 0.15) is 5.82 Å². The summed E-state index contributed by atoms with van der Waals surface area (Å²) in [7, 11) is 0. The number of halogens is 3. The van der Waals surface area contributed by atoms with Crippen molar-refractivity contribution in [1.29, 1.82) is 0 Å². The zero-order chi connectivity index (χ0) is 9.14. The molecule has 0 saturated carbocycles. The summed E-state index contributed by atoms with van der Waals surface area (Å²) in [4.78, 5) is 11.1. The van der Waals surface area contributed by atoms with Crippen LogP contribution in [0.1, 0.15) is 10.4 Å². The number of carbonyl (C=O) groups excluding carboxylic acids is 1. The number of hydrogen-bond donors (Lipinski definition) is 1. The number of benzene rings is 1. The molecule has 1 rings (SSSR count). The van der Waals surface area contributed by atoms with Crippen LogP contribution in [0, 0.1) is 9.39 Å². The minimum atomic E-state index is -0.410. The average Bonchev–Trinajstić information content (AvgIpc) is 2.08. The number of carbonyl (C=O) groups is 1. The lowest BCUT2D eigenvalue weighted by molar-refractivity contribution is 0.1000. The van der Waals surface area contributed by atoms with E-state index in [1.165, 1.54) is 12.1 Å². The summed E-state index contributed by atoms with van der Waals surface area (Å²) >= 11 is 1.97. The highest BCUT2D eigenvalue weighted by Gasteiger charge is 2.08. The topological polar surface area (TPSA) is 43.1 Å². The Labute approximate surface area is 95.2 Å². The molecule has 0 fully saturated rings. The fourth-order valence-electron chi connectivity index (χ4n) is 0.821. The van der Waals surface area contributed by atoms with Crippen LogP contribution in [0.25, 0.3) is 0 Å². The fraction of sp³-hybridized carbons (Fsp3) is 0.125. The molecule has 1 aromatic rings. The Bertz CT molecular complexity index is 319. The van der Waals surface area contributed by atoms with Crippen molar-refractivity contribution < 1.29 is 9.18 Å². The van der Waals surface area contributed by atoms with Gasteiger partial charge >= 0.3 is 0 Å². The number of nitrogens with two attached hydrogens (primary N) is 1. The Morgan fingerprint density at radius 3 is 2.69 bits per heavy atom. The second-order valence-electron chi connectivity index (χ2n) is 2.25. The number of ketones is 1. The van der Waals surface area contributed by atoms with Gasteiger partial charge in [-0.3, -0.25) is 4.79 Å². The first-order chi connectivity index (χ1) is 5.65. The van der Waals surface area contributed by atoms with Gasteiger partial charge in [-0.25, -0.2) is 4.39 Å². The van der Waals surface area contributed by atoms with Gasteiger partial charge < -0.3 is 5.73 Å². The van der Waals surface area contributed by atoms with Gasteiger partial charge in [0.05, 0.1) is 6.54 Å². The largest absolute Gasteiger partial charge is 0.324 e. The lowest BCUT2D eigenvalue weighted by Gasteiger charge is -2.00. The van der Waals surface area contributed by atoms with Crippen LogP contribution < -0.4 is 5.73 Å². The molecule has 0 spiro atoms. The Balaban J connectivity index is 0.00000144. The maximum Gasteiger partial charge on any atom is 0.177 e. The third-order valence-corrected chi connectivity index (χ3v) is 2.35. The smallest absolute Gasteiger partial charge is 0.177 e. The molecule has 0 radical (unpaired) electrons. The number of rotatable bonds is 2. The van der Waals surface area contributed by atoms with Crippen LogP contribution >= 0.6 is 35.0 Å². The molecule has 0 bridgehead atoms. The molecule has 13 heavy (non-hydrogen) atoms. The van der Waals surface area contributed by atoms with Crippen molar-refractivity contribution in [1.82, 2.24) is 0 Å². The Morgan fingerprint density at radius 2 is 2.15 bits per heavy atom. The summed E-state index contributed by atoms with van der Waals surface area (Å²) < 4.78 is 13.4. The van der Waals surface area contributed by atoms with E-state index in [1.54, 1.807) is 6.07 Å². The summed E-state index contributed by atoms with van der Waals surface area (Å²) in [5.41, 5.74) is 5.51. The Hall–Kier alpha value is -0.200. The van der Waals surface area contributed by atoms with Crippen LogP contribution in [0.2, 0.25) is 0 Å². The molecule has 0 aliphatic heterocycles. The van der Waals surface area contributed by atoms with E-state index < -0.39 is 5.82 Å². The maximum atomic E-state index is 12.6. The molecular weight excluding hydrogens is 307 g/mol. The molecule has 0 saturated heterocycles. The molecule has 0 unspecified atom stereocenters. The molecule has 0 aliphatic carbocycles. The van der Waals surface area contributed by atoms with E-state index >= 15 is 0 Å². The summed E-state index contributed by atoms with van der Waals surface area (Å²) in [6.45, 7) is -0.0839. The second-order valence-corrected chi connectivity index (χ2v) is 3.41. The first kappa shape index (κ1) is 12.8.